The second-order valence-corrected chi connectivity index (χ2v) is 7.14. The Hall–Kier alpha value is -1.10. The Morgan fingerprint density at radius 3 is 2.20 bits per heavy atom. The molecule has 0 aliphatic carbocycles. The van der Waals surface area contributed by atoms with Gasteiger partial charge in [0.25, 0.3) is 0 Å². The highest BCUT2D eigenvalue weighted by Crippen LogP contribution is 2.26. The van der Waals surface area contributed by atoms with Gasteiger partial charge in [-0.25, -0.2) is 0 Å². The third-order valence-corrected chi connectivity index (χ3v) is 3.62. The van der Waals surface area contributed by atoms with Gasteiger partial charge in [0.1, 0.15) is 12.1 Å². The van der Waals surface area contributed by atoms with E-state index in [0.29, 0.717) is 13.2 Å². The Kier molecular flexibility index (Phi) is 4.85. The van der Waals surface area contributed by atoms with E-state index < -0.39 is 17.7 Å². The molecule has 1 fully saturated rings. The van der Waals surface area contributed by atoms with E-state index in [-0.39, 0.29) is 17.2 Å². The number of carbonyl (C=O) groups is 2. The van der Waals surface area contributed by atoms with Crippen LogP contribution in [-0.4, -0.2) is 47.6 Å². The zero-order chi connectivity index (χ0) is 15.7. The van der Waals surface area contributed by atoms with Gasteiger partial charge in [-0.3, -0.25) is 9.59 Å². The SMILES string of the molecule is CCOC(C)(C)CN1C(=O)C(C(C)(C)C)NC(=O)C1C. The first-order valence-electron chi connectivity index (χ1n) is 7.24. The van der Waals surface area contributed by atoms with E-state index in [9.17, 15) is 9.59 Å². The Morgan fingerprint density at radius 2 is 1.75 bits per heavy atom. The summed E-state index contributed by atoms with van der Waals surface area (Å²) in [5.41, 5.74) is -0.764. The minimum atomic E-state index is -0.483. The van der Waals surface area contributed by atoms with Crippen molar-refractivity contribution in [3.05, 3.63) is 0 Å². The third kappa shape index (κ3) is 3.72. The van der Waals surface area contributed by atoms with Crippen LogP contribution in [0.3, 0.4) is 0 Å². The lowest BCUT2D eigenvalue weighted by molar-refractivity contribution is -0.156. The molecule has 1 saturated heterocycles. The molecule has 0 aromatic carbocycles. The maximum absolute atomic E-state index is 12.7. The van der Waals surface area contributed by atoms with Gasteiger partial charge < -0.3 is 15.0 Å². The van der Waals surface area contributed by atoms with Crippen molar-refractivity contribution in [2.75, 3.05) is 13.2 Å². The number of piperazine rings is 1. The molecule has 1 heterocycles. The Labute approximate surface area is 122 Å². The predicted octanol–water partition coefficient (Wildman–Crippen LogP) is 1.56. The quantitative estimate of drug-likeness (QED) is 0.852. The van der Waals surface area contributed by atoms with Gasteiger partial charge in [-0.15, -0.1) is 0 Å². The molecule has 0 radical (unpaired) electrons. The van der Waals surface area contributed by atoms with E-state index in [1.54, 1.807) is 11.8 Å². The summed E-state index contributed by atoms with van der Waals surface area (Å²) in [6.45, 7) is 14.4. The second kappa shape index (κ2) is 5.72. The number of hydrogen-bond donors (Lipinski definition) is 1. The molecule has 20 heavy (non-hydrogen) atoms. The zero-order valence-corrected chi connectivity index (χ0v) is 13.7. The monoisotopic (exact) mass is 284 g/mol. The summed E-state index contributed by atoms with van der Waals surface area (Å²) in [7, 11) is 0. The summed E-state index contributed by atoms with van der Waals surface area (Å²) in [6.07, 6.45) is 0. The molecule has 1 aliphatic heterocycles. The standard InChI is InChI=1S/C15H28N2O3/c1-8-20-15(6,7)9-17-10(2)12(18)16-11(13(17)19)14(3,4)5/h10-11H,8-9H2,1-7H3,(H,16,18). The van der Waals surface area contributed by atoms with Crippen LogP contribution in [0.4, 0.5) is 0 Å². The minimum absolute atomic E-state index is 0.0302. The maximum atomic E-state index is 12.7. The van der Waals surface area contributed by atoms with Crippen LogP contribution in [0.5, 0.6) is 0 Å². The van der Waals surface area contributed by atoms with E-state index in [1.165, 1.54) is 0 Å². The fourth-order valence-corrected chi connectivity index (χ4v) is 2.47. The maximum Gasteiger partial charge on any atom is 0.246 e. The van der Waals surface area contributed by atoms with Gasteiger partial charge in [-0.2, -0.15) is 0 Å². The molecular weight excluding hydrogens is 256 g/mol. The van der Waals surface area contributed by atoms with Crippen LogP contribution >= 0.6 is 0 Å². The van der Waals surface area contributed by atoms with Crippen molar-refractivity contribution in [3.8, 4) is 0 Å². The third-order valence-electron chi connectivity index (χ3n) is 3.62. The molecule has 2 amide bonds. The van der Waals surface area contributed by atoms with Crippen LogP contribution in [0.25, 0.3) is 0 Å². The molecule has 1 N–H and O–H groups in total. The highest BCUT2D eigenvalue weighted by molar-refractivity contribution is 5.97. The normalized spacial score (nSPS) is 24.9. The number of hydrogen-bond acceptors (Lipinski definition) is 3. The number of carbonyl (C=O) groups excluding carboxylic acids is 2. The molecule has 0 saturated carbocycles. The molecule has 116 valence electrons. The fraction of sp³-hybridized carbons (Fsp3) is 0.867. The number of nitrogens with zero attached hydrogens (tertiary/aromatic N) is 1. The van der Waals surface area contributed by atoms with Gasteiger partial charge in [0, 0.05) is 6.61 Å². The highest BCUT2D eigenvalue weighted by Gasteiger charge is 2.44. The number of nitrogens with one attached hydrogen (secondary N) is 1. The first-order chi connectivity index (χ1) is 8.99. The van der Waals surface area contributed by atoms with E-state index in [4.69, 9.17) is 4.74 Å². The topological polar surface area (TPSA) is 58.6 Å². The number of amides is 2. The van der Waals surface area contributed by atoms with Crippen LogP contribution < -0.4 is 5.32 Å². The first-order valence-corrected chi connectivity index (χ1v) is 7.24. The minimum Gasteiger partial charge on any atom is -0.374 e. The largest absolute Gasteiger partial charge is 0.374 e. The van der Waals surface area contributed by atoms with Gasteiger partial charge in [0.05, 0.1) is 12.1 Å². The van der Waals surface area contributed by atoms with Crippen molar-refractivity contribution in [3.63, 3.8) is 0 Å². The van der Waals surface area contributed by atoms with Gasteiger partial charge in [0.2, 0.25) is 11.8 Å². The smallest absolute Gasteiger partial charge is 0.246 e. The Balaban J connectivity index is 2.97. The zero-order valence-electron chi connectivity index (χ0n) is 13.7. The lowest BCUT2D eigenvalue weighted by Crippen LogP contribution is -2.67. The van der Waals surface area contributed by atoms with Crippen molar-refractivity contribution in [1.82, 2.24) is 10.2 Å². The molecule has 2 unspecified atom stereocenters. The first kappa shape index (κ1) is 17.0. The number of ether oxygens (including phenoxy) is 1. The summed E-state index contributed by atoms with van der Waals surface area (Å²) in [6, 6.07) is -0.940. The van der Waals surface area contributed by atoms with Crippen LogP contribution in [-0.2, 0) is 14.3 Å². The van der Waals surface area contributed by atoms with Crippen LogP contribution in [0.2, 0.25) is 0 Å². The molecule has 1 rings (SSSR count). The second-order valence-electron chi connectivity index (χ2n) is 7.14. The predicted molar refractivity (Wildman–Crippen MR) is 78.3 cm³/mol. The van der Waals surface area contributed by atoms with E-state index in [0.717, 1.165) is 0 Å². The van der Waals surface area contributed by atoms with Crippen LogP contribution in [0, 0.1) is 5.41 Å². The Bertz CT molecular complexity index is 385. The average Bonchev–Trinajstić information content (AvgIpc) is 2.27. The lowest BCUT2D eigenvalue weighted by Gasteiger charge is -2.44. The molecule has 5 nitrogen and oxygen atoms in total. The van der Waals surface area contributed by atoms with Crippen molar-refractivity contribution in [2.24, 2.45) is 5.41 Å². The Morgan fingerprint density at radius 1 is 1.20 bits per heavy atom. The van der Waals surface area contributed by atoms with Crippen LogP contribution in [0.1, 0.15) is 48.5 Å². The summed E-state index contributed by atoms with van der Waals surface area (Å²) < 4.78 is 5.66. The fourth-order valence-electron chi connectivity index (χ4n) is 2.47. The van der Waals surface area contributed by atoms with Crippen LogP contribution in [0.15, 0.2) is 0 Å². The molecule has 1 aliphatic rings. The highest BCUT2D eigenvalue weighted by atomic mass is 16.5. The van der Waals surface area contributed by atoms with Crippen molar-refractivity contribution >= 4 is 11.8 Å². The van der Waals surface area contributed by atoms with Gasteiger partial charge in [-0.1, -0.05) is 20.8 Å². The van der Waals surface area contributed by atoms with Crippen molar-refractivity contribution in [1.29, 1.82) is 0 Å². The average molecular weight is 284 g/mol. The molecule has 0 aromatic heterocycles. The van der Waals surface area contributed by atoms with Crippen molar-refractivity contribution < 1.29 is 14.3 Å². The molecule has 0 spiro atoms. The molecule has 0 bridgehead atoms. The molecular formula is C15H28N2O3. The van der Waals surface area contributed by atoms with E-state index in [1.807, 2.05) is 41.5 Å². The summed E-state index contributed by atoms with van der Waals surface area (Å²) in [4.78, 5) is 26.4. The van der Waals surface area contributed by atoms with Gasteiger partial charge in [-0.05, 0) is 33.1 Å². The summed E-state index contributed by atoms with van der Waals surface area (Å²) in [5.74, 6) is -0.130. The molecule has 5 heteroatoms. The van der Waals surface area contributed by atoms with E-state index in [2.05, 4.69) is 5.32 Å². The van der Waals surface area contributed by atoms with Gasteiger partial charge in [0.15, 0.2) is 0 Å². The summed E-state index contributed by atoms with van der Waals surface area (Å²) >= 11 is 0. The van der Waals surface area contributed by atoms with Crippen molar-refractivity contribution in [2.45, 2.75) is 66.2 Å². The molecule has 2 atom stereocenters. The van der Waals surface area contributed by atoms with Gasteiger partial charge >= 0.3 is 0 Å². The summed E-state index contributed by atoms with van der Waals surface area (Å²) in [5, 5.41) is 2.83. The molecule has 0 aromatic rings. The number of rotatable bonds is 4. The lowest BCUT2D eigenvalue weighted by atomic mass is 9.83. The van der Waals surface area contributed by atoms with E-state index >= 15 is 0 Å².